The third-order valence-corrected chi connectivity index (χ3v) is 6.86. The molecule has 0 radical (unpaired) electrons. The zero-order valence-electron chi connectivity index (χ0n) is 19.3. The highest BCUT2D eigenvalue weighted by Gasteiger charge is 2.32. The largest absolute Gasteiger partial charge is 0.496 e. The van der Waals surface area contributed by atoms with Crippen molar-refractivity contribution in [2.24, 2.45) is 0 Å². The van der Waals surface area contributed by atoms with Crippen LogP contribution < -0.4 is 4.74 Å². The lowest BCUT2D eigenvalue weighted by Gasteiger charge is -2.35. The lowest BCUT2D eigenvalue weighted by Crippen LogP contribution is -2.43. The quantitative estimate of drug-likeness (QED) is 0.713. The molecule has 1 unspecified atom stereocenters. The number of carbonyl (C=O) groups is 2. The van der Waals surface area contributed by atoms with E-state index in [1.807, 2.05) is 53.1 Å². The number of methoxy groups -OCH3 is 1. The monoisotopic (exact) mass is 435 g/mol. The molecule has 2 amide bonds. The van der Waals surface area contributed by atoms with E-state index in [0.29, 0.717) is 24.4 Å². The zero-order valence-corrected chi connectivity index (χ0v) is 19.3. The lowest BCUT2D eigenvalue weighted by atomic mass is 9.89. The molecule has 2 aliphatic rings. The number of benzene rings is 1. The molecular formula is C26H33N3O3. The third kappa shape index (κ3) is 4.50. The van der Waals surface area contributed by atoms with Crippen molar-refractivity contribution in [1.29, 1.82) is 0 Å². The maximum atomic E-state index is 13.4. The number of likely N-dealkylation sites (tertiary alicyclic amines) is 2. The smallest absolute Gasteiger partial charge is 0.257 e. The second kappa shape index (κ2) is 9.72. The van der Waals surface area contributed by atoms with Gasteiger partial charge < -0.3 is 14.5 Å². The van der Waals surface area contributed by atoms with Crippen molar-refractivity contribution in [3.8, 4) is 5.75 Å². The van der Waals surface area contributed by atoms with Gasteiger partial charge in [0.15, 0.2) is 0 Å². The summed E-state index contributed by atoms with van der Waals surface area (Å²) in [5, 5.41) is 0. The molecule has 2 aliphatic heterocycles. The number of para-hydroxylation sites is 1. The fourth-order valence-corrected chi connectivity index (χ4v) is 4.97. The second-order valence-corrected chi connectivity index (χ2v) is 9.00. The predicted octanol–water partition coefficient (Wildman–Crippen LogP) is 4.43. The third-order valence-electron chi connectivity index (χ3n) is 6.86. The minimum atomic E-state index is -0.00320. The van der Waals surface area contributed by atoms with Gasteiger partial charge in [-0.1, -0.05) is 12.1 Å². The number of ether oxygens (including phenoxy) is 1. The molecule has 1 aromatic heterocycles. The molecule has 0 N–H and O–H groups in total. The Bertz CT molecular complexity index is 982. The molecule has 6 heteroatoms. The van der Waals surface area contributed by atoms with E-state index in [9.17, 15) is 9.59 Å². The van der Waals surface area contributed by atoms with Crippen LogP contribution in [-0.2, 0) is 0 Å². The molecule has 2 saturated heterocycles. The van der Waals surface area contributed by atoms with Crippen molar-refractivity contribution in [3.05, 3.63) is 58.9 Å². The van der Waals surface area contributed by atoms with Crippen molar-refractivity contribution >= 4 is 11.8 Å². The average molecular weight is 436 g/mol. The minimum Gasteiger partial charge on any atom is -0.496 e. The molecule has 6 nitrogen and oxygen atoms in total. The second-order valence-electron chi connectivity index (χ2n) is 9.00. The molecule has 170 valence electrons. The van der Waals surface area contributed by atoms with Crippen LogP contribution in [0, 0.1) is 6.92 Å². The van der Waals surface area contributed by atoms with Gasteiger partial charge in [-0.2, -0.15) is 0 Å². The van der Waals surface area contributed by atoms with Gasteiger partial charge in [0, 0.05) is 37.3 Å². The van der Waals surface area contributed by atoms with Crippen LogP contribution in [0.4, 0.5) is 0 Å². The summed E-state index contributed by atoms with van der Waals surface area (Å²) < 4.78 is 5.37. The van der Waals surface area contributed by atoms with Crippen LogP contribution in [-0.4, -0.2) is 59.4 Å². The van der Waals surface area contributed by atoms with Gasteiger partial charge in [0.25, 0.3) is 11.8 Å². The number of aryl methyl sites for hydroxylation is 1. The molecule has 4 rings (SSSR count). The van der Waals surface area contributed by atoms with Crippen LogP contribution >= 0.6 is 0 Å². The van der Waals surface area contributed by atoms with Crippen LogP contribution in [0.3, 0.4) is 0 Å². The SMILES string of the molecule is COc1ccccc1C(=O)N1CCC(c2nc(C)ccc2C(=O)N2CCCCC2C)CC1. The zero-order chi connectivity index (χ0) is 22.7. The fraction of sp³-hybridized carbons (Fsp3) is 0.500. The first-order chi connectivity index (χ1) is 15.5. The van der Waals surface area contributed by atoms with Crippen LogP contribution in [0.2, 0.25) is 0 Å². The fourth-order valence-electron chi connectivity index (χ4n) is 4.97. The van der Waals surface area contributed by atoms with Crippen molar-refractivity contribution in [3.63, 3.8) is 0 Å². The summed E-state index contributed by atoms with van der Waals surface area (Å²) in [5.41, 5.74) is 3.16. The molecule has 0 spiro atoms. The Labute approximate surface area is 190 Å². The molecule has 0 bridgehead atoms. The van der Waals surface area contributed by atoms with Gasteiger partial charge in [0.2, 0.25) is 0 Å². The van der Waals surface area contributed by atoms with Crippen LogP contribution in [0.5, 0.6) is 5.75 Å². The summed E-state index contributed by atoms with van der Waals surface area (Å²) in [5.74, 6) is 0.878. The Morgan fingerprint density at radius 3 is 2.41 bits per heavy atom. The maximum absolute atomic E-state index is 13.4. The molecule has 32 heavy (non-hydrogen) atoms. The van der Waals surface area contributed by atoms with Gasteiger partial charge in [0.1, 0.15) is 5.75 Å². The summed E-state index contributed by atoms with van der Waals surface area (Å²) in [4.78, 5) is 35.2. The van der Waals surface area contributed by atoms with Gasteiger partial charge in [-0.25, -0.2) is 0 Å². The standard InChI is InChI=1S/C26H33N3O3/c1-18-11-12-22(26(31)29-15-7-6-8-19(29)2)24(27-18)20-13-16-28(17-14-20)25(30)21-9-4-5-10-23(21)32-3/h4-5,9-12,19-20H,6-8,13-17H2,1-3H3. The molecular weight excluding hydrogens is 402 g/mol. The van der Waals surface area contributed by atoms with Crippen molar-refractivity contribution in [2.45, 2.75) is 57.9 Å². The maximum Gasteiger partial charge on any atom is 0.257 e. The number of rotatable bonds is 4. The van der Waals surface area contributed by atoms with Gasteiger partial charge in [-0.05, 0) is 70.2 Å². The van der Waals surface area contributed by atoms with E-state index in [1.54, 1.807) is 7.11 Å². The molecule has 0 aliphatic carbocycles. The summed E-state index contributed by atoms with van der Waals surface area (Å²) in [6, 6.07) is 11.5. The van der Waals surface area contributed by atoms with E-state index in [2.05, 4.69) is 6.92 Å². The highest BCUT2D eigenvalue weighted by atomic mass is 16.5. The number of hydrogen-bond acceptors (Lipinski definition) is 4. The average Bonchev–Trinajstić information content (AvgIpc) is 2.83. The number of amides is 2. The van der Waals surface area contributed by atoms with E-state index in [-0.39, 0.29) is 23.8 Å². The summed E-state index contributed by atoms with van der Waals surface area (Å²) >= 11 is 0. The van der Waals surface area contributed by atoms with E-state index >= 15 is 0 Å². The number of hydrogen-bond donors (Lipinski definition) is 0. The molecule has 1 aromatic carbocycles. The summed E-state index contributed by atoms with van der Waals surface area (Å²) in [6.45, 7) is 6.22. The normalized spacial score (nSPS) is 19.7. The molecule has 2 aromatic rings. The number of nitrogens with zero attached hydrogens (tertiary/aromatic N) is 3. The summed E-state index contributed by atoms with van der Waals surface area (Å²) in [7, 11) is 1.59. The molecule has 2 fully saturated rings. The van der Waals surface area contributed by atoms with E-state index < -0.39 is 0 Å². The van der Waals surface area contributed by atoms with Crippen LogP contribution in [0.1, 0.15) is 77.0 Å². The van der Waals surface area contributed by atoms with Gasteiger partial charge in [0.05, 0.1) is 23.9 Å². The van der Waals surface area contributed by atoms with Crippen LogP contribution in [0.15, 0.2) is 36.4 Å². The Hall–Kier alpha value is -2.89. The van der Waals surface area contributed by atoms with E-state index in [1.165, 1.54) is 6.42 Å². The lowest BCUT2D eigenvalue weighted by molar-refractivity contribution is 0.0627. The highest BCUT2D eigenvalue weighted by molar-refractivity contribution is 5.97. The Kier molecular flexibility index (Phi) is 6.77. The van der Waals surface area contributed by atoms with Gasteiger partial charge in [-0.15, -0.1) is 0 Å². The predicted molar refractivity (Wildman–Crippen MR) is 124 cm³/mol. The Morgan fingerprint density at radius 2 is 1.69 bits per heavy atom. The van der Waals surface area contributed by atoms with Crippen molar-refractivity contribution in [2.75, 3.05) is 26.7 Å². The van der Waals surface area contributed by atoms with Crippen molar-refractivity contribution < 1.29 is 14.3 Å². The van der Waals surface area contributed by atoms with Gasteiger partial charge >= 0.3 is 0 Å². The van der Waals surface area contributed by atoms with Gasteiger partial charge in [-0.3, -0.25) is 14.6 Å². The highest BCUT2D eigenvalue weighted by Crippen LogP contribution is 2.32. The van der Waals surface area contributed by atoms with Crippen molar-refractivity contribution in [1.82, 2.24) is 14.8 Å². The molecule has 0 saturated carbocycles. The van der Waals surface area contributed by atoms with E-state index in [4.69, 9.17) is 9.72 Å². The molecule has 1 atom stereocenters. The minimum absolute atomic E-state index is 0.00320. The topological polar surface area (TPSA) is 62.7 Å². The van der Waals surface area contributed by atoms with Crippen LogP contribution in [0.25, 0.3) is 0 Å². The molecule has 3 heterocycles. The summed E-state index contributed by atoms with van der Waals surface area (Å²) in [6.07, 6.45) is 4.90. The Balaban J connectivity index is 1.50. The first-order valence-electron chi connectivity index (χ1n) is 11.7. The number of aromatic nitrogens is 1. The first kappa shape index (κ1) is 22.3. The van der Waals surface area contributed by atoms with E-state index in [0.717, 1.165) is 49.2 Å². The Morgan fingerprint density at radius 1 is 0.938 bits per heavy atom. The number of carbonyl (C=O) groups excluding carboxylic acids is 2. The first-order valence-corrected chi connectivity index (χ1v) is 11.7. The number of piperidine rings is 2. The number of pyridine rings is 1.